The van der Waals surface area contributed by atoms with Gasteiger partial charge in [0.05, 0.1) is 6.07 Å². The van der Waals surface area contributed by atoms with Crippen molar-refractivity contribution in [1.29, 1.82) is 5.26 Å². The maximum atomic E-state index is 8.73. The molecule has 0 radical (unpaired) electrons. The Hall–Kier alpha value is -2.59. The van der Waals surface area contributed by atoms with Crippen molar-refractivity contribution in [2.75, 3.05) is 0 Å². The normalized spacial score (nSPS) is 12.0. The quantitative estimate of drug-likeness (QED) is 0.508. The number of unbranched alkanes of at least 4 members (excludes halogenated alkanes) is 2. The van der Waals surface area contributed by atoms with Gasteiger partial charge in [-0.1, -0.05) is 79.2 Å². The predicted octanol–water partition coefficient (Wildman–Crippen LogP) is 6.06. The SMILES string of the molecule is N#CCCCCC(c1ccccc1)c1ccc2ccccc2c1. The third kappa shape index (κ3) is 3.79. The minimum atomic E-state index is 0.402. The van der Waals surface area contributed by atoms with Crippen LogP contribution < -0.4 is 0 Å². The summed E-state index contributed by atoms with van der Waals surface area (Å²) in [4.78, 5) is 0. The average Bonchev–Trinajstić information content (AvgIpc) is 2.62. The summed E-state index contributed by atoms with van der Waals surface area (Å²) in [6.45, 7) is 0. The molecule has 0 aliphatic heterocycles. The van der Waals surface area contributed by atoms with Crippen LogP contribution in [0, 0.1) is 11.3 Å². The van der Waals surface area contributed by atoms with Crippen LogP contribution in [0.5, 0.6) is 0 Å². The number of hydrogen-bond donors (Lipinski definition) is 0. The molecule has 3 aromatic carbocycles. The van der Waals surface area contributed by atoms with Crippen molar-refractivity contribution in [2.24, 2.45) is 0 Å². The molecule has 1 heteroatoms. The fourth-order valence-electron chi connectivity index (χ4n) is 3.19. The number of hydrogen-bond acceptors (Lipinski definition) is 1. The van der Waals surface area contributed by atoms with Crippen LogP contribution in [0.4, 0.5) is 0 Å². The Morgan fingerprint density at radius 1 is 0.739 bits per heavy atom. The summed E-state index contributed by atoms with van der Waals surface area (Å²) in [6, 6.07) is 28.3. The lowest BCUT2D eigenvalue weighted by atomic mass is 9.86. The first-order valence-corrected chi connectivity index (χ1v) is 8.29. The smallest absolute Gasteiger partial charge is 0.0621 e. The van der Waals surface area contributed by atoms with E-state index in [1.165, 1.54) is 21.9 Å². The highest BCUT2D eigenvalue weighted by Crippen LogP contribution is 2.31. The average molecular weight is 299 g/mol. The van der Waals surface area contributed by atoms with Gasteiger partial charge in [-0.15, -0.1) is 0 Å². The van der Waals surface area contributed by atoms with Crippen LogP contribution in [-0.4, -0.2) is 0 Å². The van der Waals surface area contributed by atoms with Gasteiger partial charge in [-0.2, -0.15) is 5.26 Å². The van der Waals surface area contributed by atoms with Crippen LogP contribution in [0.15, 0.2) is 72.8 Å². The van der Waals surface area contributed by atoms with E-state index in [2.05, 4.69) is 78.9 Å². The van der Waals surface area contributed by atoms with E-state index in [0.29, 0.717) is 12.3 Å². The Balaban J connectivity index is 1.91. The van der Waals surface area contributed by atoms with Gasteiger partial charge in [-0.25, -0.2) is 0 Å². The van der Waals surface area contributed by atoms with Crippen molar-refractivity contribution in [3.8, 4) is 6.07 Å². The van der Waals surface area contributed by atoms with Gasteiger partial charge >= 0.3 is 0 Å². The van der Waals surface area contributed by atoms with E-state index in [1.807, 2.05) is 0 Å². The lowest BCUT2D eigenvalue weighted by Gasteiger charge is -2.18. The first-order chi connectivity index (χ1) is 11.4. The summed E-state index contributed by atoms with van der Waals surface area (Å²) < 4.78 is 0. The van der Waals surface area contributed by atoms with Crippen molar-refractivity contribution in [1.82, 2.24) is 0 Å². The van der Waals surface area contributed by atoms with Crippen LogP contribution in [0.3, 0.4) is 0 Å². The monoisotopic (exact) mass is 299 g/mol. The molecule has 23 heavy (non-hydrogen) atoms. The van der Waals surface area contributed by atoms with Crippen LogP contribution in [0.1, 0.15) is 42.7 Å². The third-order valence-corrected chi connectivity index (χ3v) is 4.41. The highest BCUT2D eigenvalue weighted by Gasteiger charge is 2.14. The maximum Gasteiger partial charge on any atom is 0.0621 e. The van der Waals surface area contributed by atoms with E-state index >= 15 is 0 Å². The van der Waals surface area contributed by atoms with Crippen molar-refractivity contribution < 1.29 is 0 Å². The van der Waals surface area contributed by atoms with E-state index in [4.69, 9.17) is 5.26 Å². The van der Waals surface area contributed by atoms with Gasteiger partial charge in [0.2, 0.25) is 0 Å². The molecule has 1 unspecified atom stereocenters. The Labute approximate surface area is 138 Å². The molecule has 0 amide bonds. The molecule has 114 valence electrons. The topological polar surface area (TPSA) is 23.8 Å². The molecule has 0 saturated heterocycles. The molecule has 3 rings (SSSR count). The number of nitrogens with zero attached hydrogens (tertiary/aromatic N) is 1. The molecular formula is C22H21N. The Morgan fingerprint density at radius 2 is 1.48 bits per heavy atom. The van der Waals surface area contributed by atoms with Crippen LogP contribution in [-0.2, 0) is 0 Å². The van der Waals surface area contributed by atoms with Crippen LogP contribution in [0.2, 0.25) is 0 Å². The van der Waals surface area contributed by atoms with Gasteiger partial charge in [0.25, 0.3) is 0 Å². The van der Waals surface area contributed by atoms with E-state index in [1.54, 1.807) is 0 Å². The molecule has 0 bridgehead atoms. The van der Waals surface area contributed by atoms with Gasteiger partial charge in [-0.05, 0) is 34.7 Å². The molecule has 0 fully saturated rings. The molecule has 0 heterocycles. The third-order valence-electron chi connectivity index (χ3n) is 4.41. The maximum absolute atomic E-state index is 8.73. The predicted molar refractivity (Wildman–Crippen MR) is 96.3 cm³/mol. The second-order valence-corrected chi connectivity index (χ2v) is 5.97. The number of benzene rings is 3. The van der Waals surface area contributed by atoms with E-state index < -0.39 is 0 Å². The number of nitriles is 1. The molecule has 1 atom stereocenters. The molecule has 0 N–H and O–H groups in total. The van der Waals surface area contributed by atoms with Gasteiger partial charge < -0.3 is 0 Å². The van der Waals surface area contributed by atoms with Gasteiger partial charge in [0, 0.05) is 12.3 Å². The van der Waals surface area contributed by atoms with E-state index in [9.17, 15) is 0 Å². The highest BCUT2D eigenvalue weighted by molar-refractivity contribution is 5.83. The molecule has 0 spiro atoms. The Bertz CT molecular complexity index is 799. The summed E-state index contributed by atoms with van der Waals surface area (Å²) in [5, 5.41) is 11.3. The molecule has 0 aliphatic carbocycles. The second-order valence-electron chi connectivity index (χ2n) is 5.97. The first kappa shape index (κ1) is 15.3. The lowest BCUT2D eigenvalue weighted by Crippen LogP contribution is -2.01. The Kier molecular flexibility index (Phi) is 5.06. The largest absolute Gasteiger partial charge is 0.198 e. The van der Waals surface area contributed by atoms with Crippen LogP contribution in [0.25, 0.3) is 10.8 Å². The minimum absolute atomic E-state index is 0.402. The molecular weight excluding hydrogens is 278 g/mol. The number of rotatable bonds is 6. The van der Waals surface area contributed by atoms with Crippen molar-refractivity contribution >= 4 is 10.8 Å². The zero-order valence-electron chi connectivity index (χ0n) is 13.3. The standard InChI is InChI=1S/C22H21N/c23-16-8-2-5-13-22(19-10-3-1-4-11-19)21-15-14-18-9-6-7-12-20(18)17-21/h1,3-4,6-7,9-12,14-15,17,22H,2,5,8,13H2. The fraction of sp³-hybridized carbons (Fsp3) is 0.227. The lowest BCUT2D eigenvalue weighted by molar-refractivity contribution is 0.634. The van der Waals surface area contributed by atoms with Crippen LogP contribution >= 0.6 is 0 Å². The summed E-state index contributed by atoms with van der Waals surface area (Å²) in [5.74, 6) is 0.402. The molecule has 1 nitrogen and oxygen atoms in total. The molecule has 0 saturated carbocycles. The molecule has 3 aromatic rings. The second kappa shape index (κ2) is 7.61. The van der Waals surface area contributed by atoms with E-state index in [-0.39, 0.29) is 0 Å². The summed E-state index contributed by atoms with van der Waals surface area (Å²) in [7, 11) is 0. The minimum Gasteiger partial charge on any atom is -0.198 e. The Morgan fingerprint density at radius 3 is 2.26 bits per heavy atom. The molecule has 0 aliphatic rings. The summed E-state index contributed by atoms with van der Waals surface area (Å²) >= 11 is 0. The summed E-state index contributed by atoms with van der Waals surface area (Å²) in [6.07, 6.45) is 3.80. The van der Waals surface area contributed by atoms with Gasteiger partial charge in [0.1, 0.15) is 0 Å². The fourth-order valence-corrected chi connectivity index (χ4v) is 3.19. The zero-order chi connectivity index (χ0) is 15.9. The van der Waals surface area contributed by atoms with Gasteiger partial charge in [0.15, 0.2) is 0 Å². The first-order valence-electron chi connectivity index (χ1n) is 8.29. The van der Waals surface area contributed by atoms with Gasteiger partial charge in [-0.3, -0.25) is 0 Å². The highest BCUT2D eigenvalue weighted by atomic mass is 14.2. The number of fused-ring (bicyclic) bond motifs is 1. The zero-order valence-corrected chi connectivity index (χ0v) is 13.3. The van der Waals surface area contributed by atoms with Crippen molar-refractivity contribution in [3.63, 3.8) is 0 Å². The van der Waals surface area contributed by atoms with Crippen molar-refractivity contribution in [2.45, 2.75) is 31.6 Å². The molecule has 0 aromatic heterocycles. The van der Waals surface area contributed by atoms with E-state index in [0.717, 1.165) is 19.3 Å². The summed E-state index contributed by atoms with van der Waals surface area (Å²) in [5.41, 5.74) is 2.73. The van der Waals surface area contributed by atoms with Crippen molar-refractivity contribution in [3.05, 3.63) is 83.9 Å².